The monoisotopic (exact) mass is 245 g/mol. The second-order valence-electron chi connectivity index (χ2n) is 4.73. The number of nitrogens with zero attached hydrogens (tertiary/aromatic N) is 5. The minimum Gasteiger partial charge on any atom is -0.338 e. The van der Waals surface area contributed by atoms with Gasteiger partial charge in [-0.3, -0.25) is 4.90 Å². The van der Waals surface area contributed by atoms with E-state index in [4.69, 9.17) is 5.26 Å². The molecule has 1 fully saturated rings. The van der Waals surface area contributed by atoms with E-state index in [1.54, 1.807) is 6.07 Å². The molecule has 0 radical (unpaired) electrons. The molecule has 0 amide bonds. The standard InChI is InChI=1S/C13H19N5/c1-4-17-5-6-18(9-11(17)3)13-15-10(2)7-12(8-14)16-13/h7,11H,4-6,9H2,1-3H3. The van der Waals surface area contributed by atoms with Gasteiger partial charge in [0.2, 0.25) is 5.95 Å². The molecule has 0 aromatic carbocycles. The molecule has 2 rings (SSSR count). The Morgan fingerprint density at radius 2 is 2.22 bits per heavy atom. The smallest absolute Gasteiger partial charge is 0.226 e. The highest BCUT2D eigenvalue weighted by molar-refractivity contribution is 5.36. The molecule has 0 aliphatic carbocycles. The summed E-state index contributed by atoms with van der Waals surface area (Å²) in [5.41, 5.74) is 1.30. The van der Waals surface area contributed by atoms with Crippen molar-refractivity contribution in [2.24, 2.45) is 0 Å². The van der Waals surface area contributed by atoms with Crippen molar-refractivity contribution >= 4 is 5.95 Å². The Hall–Kier alpha value is -1.67. The van der Waals surface area contributed by atoms with E-state index < -0.39 is 0 Å². The van der Waals surface area contributed by atoms with Crippen molar-refractivity contribution in [2.45, 2.75) is 26.8 Å². The van der Waals surface area contributed by atoms with Crippen LogP contribution in [0.25, 0.3) is 0 Å². The third kappa shape index (κ3) is 2.59. The molecule has 1 aromatic rings. The minimum atomic E-state index is 0.447. The van der Waals surface area contributed by atoms with Crippen LogP contribution in [0.3, 0.4) is 0 Å². The van der Waals surface area contributed by atoms with Crippen LogP contribution in [0.15, 0.2) is 6.07 Å². The lowest BCUT2D eigenvalue weighted by Crippen LogP contribution is -2.52. The molecule has 0 bridgehead atoms. The first-order valence-corrected chi connectivity index (χ1v) is 6.38. The maximum absolute atomic E-state index is 8.95. The summed E-state index contributed by atoms with van der Waals surface area (Å²) in [4.78, 5) is 13.3. The summed E-state index contributed by atoms with van der Waals surface area (Å²) in [7, 11) is 0. The van der Waals surface area contributed by atoms with Gasteiger partial charge >= 0.3 is 0 Å². The van der Waals surface area contributed by atoms with Gasteiger partial charge in [0.05, 0.1) is 0 Å². The SMILES string of the molecule is CCN1CCN(c2nc(C)cc(C#N)n2)CC1C. The van der Waals surface area contributed by atoms with Crippen molar-refractivity contribution in [2.75, 3.05) is 31.1 Å². The second kappa shape index (κ2) is 5.32. The molecule has 5 nitrogen and oxygen atoms in total. The summed E-state index contributed by atoms with van der Waals surface area (Å²) in [5, 5.41) is 8.95. The average Bonchev–Trinajstić information content (AvgIpc) is 2.37. The van der Waals surface area contributed by atoms with Gasteiger partial charge in [0.25, 0.3) is 0 Å². The van der Waals surface area contributed by atoms with Crippen LogP contribution in [0.1, 0.15) is 25.2 Å². The first-order chi connectivity index (χ1) is 8.63. The van der Waals surface area contributed by atoms with Gasteiger partial charge in [-0.1, -0.05) is 6.92 Å². The molecule has 0 saturated carbocycles. The van der Waals surface area contributed by atoms with Crippen LogP contribution in [0.4, 0.5) is 5.95 Å². The van der Waals surface area contributed by atoms with Gasteiger partial charge in [0.15, 0.2) is 0 Å². The molecule has 1 saturated heterocycles. The van der Waals surface area contributed by atoms with E-state index in [1.165, 1.54) is 0 Å². The Morgan fingerprint density at radius 3 is 2.83 bits per heavy atom. The van der Waals surface area contributed by atoms with E-state index >= 15 is 0 Å². The third-order valence-corrected chi connectivity index (χ3v) is 3.41. The minimum absolute atomic E-state index is 0.447. The zero-order valence-corrected chi connectivity index (χ0v) is 11.2. The van der Waals surface area contributed by atoms with Crippen LogP contribution in [0.5, 0.6) is 0 Å². The van der Waals surface area contributed by atoms with E-state index in [2.05, 4.69) is 39.7 Å². The molecule has 18 heavy (non-hydrogen) atoms. The highest BCUT2D eigenvalue weighted by Crippen LogP contribution is 2.16. The van der Waals surface area contributed by atoms with Gasteiger partial charge in [-0.15, -0.1) is 0 Å². The molecular formula is C13H19N5. The highest BCUT2D eigenvalue weighted by atomic mass is 15.3. The van der Waals surface area contributed by atoms with Gasteiger partial charge in [0.1, 0.15) is 11.8 Å². The Morgan fingerprint density at radius 1 is 1.44 bits per heavy atom. The maximum Gasteiger partial charge on any atom is 0.226 e. The molecular weight excluding hydrogens is 226 g/mol. The van der Waals surface area contributed by atoms with Crippen LogP contribution >= 0.6 is 0 Å². The Balaban J connectivity index is 2.18. The number of aryl methyl sites for hydroxylation is 1. The van der Waals surface area contributed by atoms with Crippen LogP contribution < -0.4 is 4.90 Å². The lowest BCUT2D eigenvalue weighted by Gasteiger charge is -2.39. The van der Waals surface area contributed by atoms with Crippen LogP contribution in [-0.4, -0.2) is 47.1 Å². The van der Waals surface area contributed by atoms with E-state index in [0.29, 0.717) is 17.7 Å². The van der Waals surface area contributed by atoms with Crippen molar-refractivity contribution in [3.8, 4) is 6.07 Å². The topological polar surface area (TPSA) is 56.0 Å². The van der Waals surface area contributed by atoms with Crippen LogP contribution in [-0.2, 0) is 0 Å². The van der Waals surface area contributed by atoms with Crippen LogP contribution in [0.2, 0.25) is 0 Å². The number of piperazine rings is 1. The Kier molecular flexibility index (Phi) is 3.78. The third-order valence-electron chi connectivity index (χ3n) is 3.41. The van der Waals surface area contributed by atoms with Crippen molar-refractivity contribution in [1.29, 1.82) is 5.26 Å². The number of aromatic nitrogens is 2. The summed E-state index contributed by atoms with van der Waals surface area (Å²) >= 11 is 0. The predicted octanol–water partition coefficient (Wildman–Crippen LogP) is 1.19. The molecule has 2 heterocycles. The van der Waals surface area contributed by atoms with Gasteiger partial charge in [-0.05, 0) is 26.5 Å². The summed E-state index contributed by atoms with van der Waals surface area (Å²) in [6, 6.07) is 4.31. The number of hydrogen-bond acceptors (Lipinski definition) is 5. The van der Waals surface area contributed by atoms with E-state index in [1.807, 2.05) is 6.92 Å². The van der Waals surface area contributed by atoms with Crippen LogP contribution in [0, 0.1) is 18.3 Å². The van der Waals surface area contributed by atoms with Crippen molar-refractivity contribution < 1.29 is 0 Å². The number of anilines is 1. The molecule has 1 unspecified atom stereocenters. The maximum atomic E-state index is 8.95. The Labute approximate surface area is 108 Å². The van der Waals surface area contributed by atoms with Gasteiger partial charge in [0, 0.05) is 31.4 Å². The quantitative estimate of drug-likeness (QED) is 0.783. The predicted molar refractivity (Wildman–Crippen MR) is 70.4 cm³/mol. The molecule has 1 aliphatic heterocycles. The zero-order chi connectivity index (χ0) is 13.1. The summed E-state index contributed by atoms with van der Waals surface area (Å²) in [5.74, 6) is 0.689. The second-order valence-corrected chi connectivity index (χ2v) is 4.73. The molecule has 0 spiro atoms. The van der Waals surface area contributed by atoms with Gasteiger partial charge in [-0.25, -0.2) is 9.97 Å². The number of rotatable bonds is 2. The molecule has 5 heteroatoms. The molecule has 1 atom stereocenters. The fourth-order valence-corrected chi connectivity index (χ4v) is 2.40. The molecule has 0 N–H and O–H groups in total. The van der Waals surface area contributed by atoms with Crippen molar-refractivity contribution in [3.63, 3.8) is 0 Å². The summed E-state index contributed by atoms with van der Waals surface area (Å²) in [6.07, 6.45) is 0. The molecule has 1 aliphatic rings. The summed E-state index contributed by atoms with van der Waals surface area (Å²) in [6.45, 7) is 10.2. The lowest BCUT2D eigenvalue weighted by molar-refractivity contribution is 0.198. The fraction of sp³-hybridized carbons (Fsp3) is 0.615. The first kappa shape index (κ1) is 12.8. The average molecular weight is 245 g/mol. The fourth-order valence-electron chi connectivity index (χ4n) is 2.40. The largest absolute Gasteiger partial charge is 0.338 e. The molecule has 96 valence electrons. The first-order valence-electron chi connectivity index (χ1n) is 6.38. The highest BCUT2D eigenvalue weighted by Gasteiger charge is 2.24. The van der Waals surface area contributed by atoms with Crippen molar-refractivity contribution in [3.05, 3.63) is 17.5 Å². The molecule has 1 aromatic heterocycles. The van der Waals surface area contributed by atoms with E-state index in [-0.39, 0.29) is 0 Å². The van der Waals surface area contributed by atoms with Crippen molar-refractivity contribution in [1.82, 2.24) is 14.9 Å². The number of nitriles is 1. The summed E-state index contributed by atoms with van der Waals surface area (Å²) < 4.78 is 0. The normalized spacial score (nSPS) is 20.8. The lowest BCUT2D eigenvalue weighted by atomic mass is 10.2. The number of likely N-dealkylation sites (N-methyl/N-ethyl adjacent to an activating group) is 1. The Bertz CT molecular complexity index is 465. The van der Waals surface area contributed by atoms with E-state index in [0.717, 1.165) is 31.9 Å². The van der Waals surface area contributed by atoms with Gasteiger partial charge in [-0.2, -0.15) is 5.26 Å². The van der Waals surface area contributed by atoms with E-state index in [9.17, 15) is 0 Å². The van der Waals surface area contributed by atoms with Gasteiger partial charge < -0.3 is 4.90 Å². The number of hydrogen-bond donors (Lipinski definition) is 0. The zero-order valence-electron chi connectivity index (χ0n) is 11.2.